The third-order valence-corrected chi connectivity index (χ3v) is 4.43. The van der Waals surface area contributed by atoms with Crippen LogP contribution in [0.25, 0.3) is 4.85 Å². The molecule has 19 heavy (non-hydrogen) atoms. The van der Waals surface area contributed by atoms with Gasteiger partial charge in [-0.15, -0.1) is 0 Å². The number of benzene rings is 1. The van der Waals surface area contributed by atoms with Crippen molar-refractivity contribution >= 4 is 5.69 Å². The van der Waals surface area contributed by atoms with Gasteiger partial charge >= 0.3 is 0 Å². The first-order chi connectivity index (χ1) is 8.88. The van der Waals surface area contributed by atoms with E-state index in [1.165, 1.54) is 27.9 Å². The maximum absolute atomic E-state index is 7.23. The molecule has 0 saturated heterocycles. The number of rotatable bonds is 1. The summed E-state index contributed by atoms with van der Waals surface area (Å²) < 4.78 is 0. The first kappa shape index (κ1) is 13.5. The van der Waals surface area contributed by atoms with E-state index in [1.807, 2.05) is 18.1 Å². The van der Waals surface area contributed by atoms with Crippen LogP contribution in [0, 0.1) is 34.3 Å². The molecule has 0 amide bonds. The molecule has 100 valence electrons. The van der Waals surface area contributed by atoms with Gasteiger partial charge in [-0.05, 0) is 62.9 Å². The topological polar surface area (TPSA) is 10.8 Å². The molecule has 3 nitrogen and oxygen atoms in total. The van der Waals surface area contributed by atoms with E-state index in [0.717, 1.165) is 0 Å². The fourth-order valence-corrected chi connectivity index (χ4v) is 2.54. The molecule has 1 aliphatic rings. The molecule has 0 aromatic heterocycles. The average molecular weight is 255 g/mol. The zero-order valence-corrected chi connectivity index (χ0v) is 12.6. The molecule has 1 aromatic carbocycles. The van der Waals surface area contributed by atoms with Crippen molar-refractivity contribution in [1.82, 2.24) is 4.90 Å². The Morgan fingerprint density at radius 1 is 1.11 bits per heavy atom. The highest BCUT2D eigenvalue weighted by Crippen LogP contribution is 2.34. The number of aryl methyl sites for hydroxylation is 1. The standard InChI is InChI=1S/C16H21N3/c1-10-8-15(13(4)12(3)11(10)2)19-9-16(17-6)18(7)14(19)5/h8-9,14H,1-5,7H3/t14-/m0/s1. The van der Waals surface area contributed by atoms with Gasteiger partial charge in [-0.3, -0.25) is 0 Å². The van der Waals surface area contributed by atoms with Crippen molar-refractivity contribution in [3.8, 4) is 0 Å². The molecule has 0 fully saturated rings. The molecule has 1 atom stereocenters. The Morgan fingerprint density at radius 2 is 1.74 bits per heavy atom. The van der Waals surface area contributed by atoms with Gasteiger partial charge in [0.2, 0.25) is 5.82 Å². The van der Waals surface area contributed by atoms with E-state index < -0.39 is 0 Å². The van der Waals surface area contributed by atoms with Gasteiger partial charge < -0.3 is 14.6 Å². The van der Waals surface area contributed by atoms with Crippen LogP contribution in [0.5, 0.6) is 0 Å². The fraction of sp³-hybridized carbons (Fsp3) is 0.438. The molecule has 3 heteroatoms. The lowest BCUT2D eigenvalue weighted by molar-refractivity contribution is 0.364. The fourth-order valence-electron chi connectivity index (χ4n) is 2.54. The highest BCUT2D eigenvalue weighted by atomic mass is 15.4. The summed E-state index contributed by atoms with van der Waals surface area (Å²) in [7, 11) is 1.97. The Labute approximate surface area is 116 Å². The molecular formula is C16H21N3. The van der Waals surface area contributed by atoms with Crippen LogP contribution in [0.1, 0.15) is 29.2 Å². The second-order valence-electron chi connectivity index (χ2n) is 5.34. The Kier molecular flexibility index (Phi) is 3.28. The summed E-state index contributed by atoms with van der Waals surface area (Å²) in [5.74, 6) is 0.697. The van der Waals surface area contributed by atoms with Crippen LogP contribution in [0.4, 0.5) is 5.69 Å². The lowest BCUT2D eigenvalue weighted by atomic mass is 9.97. The molecule has 0 bridgehead atoms. The van der Waals surface area contributed by atoms with Crippen molar-refractivity contribution in [2.24, 2.45) is 0 Å². The number of nitrogens with zero attached hydrogens (tertiary/aromatic N) is 3. The minimum Gasteiger partial charge on any atom is -0.363 e. The summed E-state index contributed by atoms with van der Waals surface area (Å²) in [6.07, 6.45) is 2.14. The SMILES string of the molecule is [C-]#[N+]C1=CN(c2cc(C)c(C)c(C)c2C)[C@@H](C)N1C. The Hall–Kier alpha value is -1.95. The van der Waals surface area contributed by atoms with Crippen molar-refractivity contribution in [1.29, 1.82) is 0 Å². The lowest BCUT2D eigenvalue weighted by Gasteiger charge is -2.28. The predicted octanol–water partition coefficient (Wildman–Crippen LogP) is 3.74. The van der Waals surface area contributed by atoms with E-state index in [-0.39, 0.29) is 6.17 Å². The van der Waals surface area contributed by atoms with Crippen LogP contribution in [0.15, 0.2) is 18.1 Å². The quantitative estimate of drug-likeness (QED) is 0.708. The summed E-state index contributed by atoms with van der Waals surface area (Å²) in [6.45, 7) is 18.0. The van der Waals surface area contributed by atoms with Gasteiger partial charge in [0.15, 0.2) is 6.17 Å². The molecule has 0 radical (unpaired) electrons. The molecule has 0 unspecified atom stereocenters. The largest absolute Gasteiger partial charge is 0.363 e. The third kappa shape index (κ3) is 1.98. The van der Waals surface area contributed by atoms with Crippen molar-refractivity contribution in [3.05, 3.63) is 51.8 Å². The van der Waals surface area contributed by atoms with Gasteiger partial charge in [-0.2, -0.15) is 0 Å². The van der Waals surface area contributed by atoms with Crippen molar-refractivity contribution < 1.29 is 0 Å². The maximum atomic E-state index is 7.23. The van der Waals surface area contributed by atoms with Crippen LogP contribution >= 0.6 is 0 Å². The Morgan fingerprint density at radius 3 is 2.26 bits per heavy atom. The molecule has 1 aliphatic heterocycles. The van der Waals surface area contributed by atoms with E-state index in [1.54, 1.807) is 0 Å². The van der Waals surface area contributed by atoms with E-state index >= 15 is 0 Å². The second kappa shape index (κ2) is 4.62. The molecule has 0 saturated carbocycles. The van der Waals surface area contributed by atoms with E-state index in [9.17, 15) is 0 Å². The first-order valence-electron chi connectivity index (χ1n) is 6.56. The number of hydrogen-bond donors (Lipinski definition) is 0. The zero-order valence-electron chi connectivity index (χ0n) is 12.6. The highest BCUT2D eigenvalue weighted by Gasteiger charge is 2.30. The van der Waals surface area contributed by atoms with Gasteiger partial charge in [0.1, 0.15) is 0 Å². The van der Waals surface area contributed by atoms with Crippen molar-refractivity contribution in [2.45, 2.75) is 40.8 Å². The van der Waals surface area contributed by atoms with Gasteiger partial charge in [0, 0.05) is 11.9 Å². The molecule has 1 heterocycles. The van der Waals surface area contributed by atoms with Crippen LogP contribution in [-0.4, -0.2) is 18.1 Å². The molecular weight excluding hydrogens is 234 g/mol. The second-order valence-corrected chi connectivity index (χ2v) is 5.34. The van der Waals surface area contributed by atoms with Gasteiger partial charge in [-0.1, -0.05) is 6.57 Å². The highest BCUT2D eigenvalue weighted by molar-refractivity contribution is 5.63. The van der Waals surface area contributed by atoms with Crippen LogP contribution < -0.4 is 4.90 Å². The van der Waals surface area contributed by atoms with Gasteiger partial charge in [0.25, 0.3) is 0 Å². The van der Waals surface area contributed by atoms with Crippen LogP contribution in [-0.2, 0) is 0 Å². The molecule has 0 N–H and O–H groups in total. The predicted molar refractivity (Wildman–Crippen MR) is 79.8 cm³/mol. The number of anilines is 1. The van der Waals surface area contributed by atoms with Crippen LogP contribution in [0.2, 0.25) is 0 Å². The summed E-state index contributed by atoms with van der Waals surface area (Å²) in [5, 5.41) is 0. The Bertz CT molecular complexity index is 593. The van der Waals surface area contributed by atoms with E-state index in [0.29, 0.717) is 5.82 Å². The van der Waals surface area contributed by atoms with E-state index in [4.69, 9.17) is 6.57 Å². The van der Waals surface area contributed by atoms with Gasteiger partial charge in [-0.25, -0.2) is 0 Å². The van der Waals surface area contributed by atoms with Crippen molar-refractivity contribution in [3.63, 3.8) is 0 Å². The minimum absolute atomic E-state index is 0.185. The minimum atomic E-state index is 0.185. The first-order valence-corrected chi connectivity index (χ1v) is 6.56. The third-order valence-electron chi connectivity index (χ3n) is 4.43. The Balaban J connectivity index is 2.56. The molecule has 0 spiro atoms. The molecule has 2 rings (SSSR count). The summed E-state index contributed by atoms with van der Waals surface area (Å²) in [5.41, 5.74) is 6.51. The lowest BCUT2D eigenvalue weighted by Crippen LogP contribution is -2.34. The molecule has 1 aromatic rings. The normalized spacial score (nSPS) is 18.6. The van der Waals surface area contributed by atoms with Gasteiger partial charge in [0.05, 0.1) is 7.05 Å². The monoisotopic (exact) mass is 255 g/mol. The van der Waals surface area contributed by atoms with E-state index in [2.05, 4.69) is 50.4 Å². The zero-order chi connectivity index (χ0) is 14.3. The summed E-state index contributed by atoms with van der Waals surface area (Å²) >= 11 is 0. The van der Waals surface area contributed by atoms with Crippen LogP contribution in [0.3, 0.4) is 0 Å². The maximum Gasteiger partial charge on any atom is 0.243 e. The van der Waals surface area contributed by atoms with Crippen molar-refractivity contribution in [2.75, 3.05) is 11.9 Å². The molecule has 0 aliphatic carbocycles. The summed E-state index contributed by atoms with van der Waals surface area (Å²) in [4.78, 5) is 7.79. The summed E-state index contributed by atoms with van der Waals surface area (Å²) in [6, 6.07) is 2.23. The average Bonchev–Trinajstić information content (AvgIpc) is 2.68. The smallest absolute Gasteiger partial charge is 0.243 e. The number of hydrogen-bond acceptors (Lipinski definition) is 2.